The molecule has 0 atom stereocenters. The molecule has 1 amide bonds. The second kappa shape index (κ2) is 7.83. The number of hydrogen-bond donors (Lipinski definition) is 1. The fraction of sp³-hybridized carbons (Fsp3) is 0.238. The van der Waals surface area contributed by atoms with Gasteiger partial charge in [0.05, 0.1) is 30.0 Å². The van der Waals surface area contributed by atoms with Gasteiger partial charge in [0, 0.05) is 5.56 Å². The Bertz CT molecular complexity index is 1180. The molecule has 0 saturated heterocycles. The highest BCUT2D eigenvalue weighted by molar-refractivity contribution is 7.90. The fourth-order valence-electron chi connectivity index (χ4n) is 3.23. The normalized spacial score (nSPS) is 14.2. The molecule has 156 valence electrons. The Morgan fingerprint density at radius 1 is 1.07 bits per heavy atom. The molecule has 8 nitrogen and oxygen atoms in total. The summed E-state index contributed by atoms with van der Waals surface area (Å²) in [7, 11) is -1.70. The molecule has 0 aliphatic carbocycles. The molecule has 30 heavy (non-hydrogen) atoms. The SMILES string of the molecule is COc1ccc(-n2nc3c(c2NC(=O)COc2ccc(C)cc2)CS(=O)(=O)C3)cc1. The zero-order chi connectivity index (χ0) is 21.3. The molecule has 4 rings (SSSR count). The standard InChI is InChI=1S/C21H21N3O5S/c1-14-3-7-17(8-4-14)29-11-20(25)22-21-18-12-30(26,27)13-19(18)23-24(21)15-5-9-16(28-2)10-6-15/h3-10H,11-13H2,1-2H3,(H,22,25). The van der Waals surface area contributed by atoms with Gasteiger partial charge in [0.15, 0.2) is 16.4 Å². The van der Waals surface area contributed by atoms with Crippen molar-refractivity contribution < 1.29 is 22.7 Å². The minimum atomic E-state index is -3.27. The van der Waals surface area contributed by atoms with E-state index in [0.29, 0.717) is 34.3 Å². The van der Waals surface area contributed by atoms with E-state index in [4.69, 9.17) is 9.47 Å². The Morgan fingerprint density at radius 3 is 2.40 bits per heavy atom. The highest BCUT2D eigenvalue weighted by Crippen LogP contribution is 2.33. The summed E-state index contributed by atoms with van der Waals surface area (Å²) in [4.78, 5) is 12.5. The van der Waals surface area contributed by atoms with Gasteiger partial charge in [0.25, 0.3) is 5.91 Å². The zero-order valence-corrected chi connectivity index (χ0v) is 17.4. The fourth-order valence-corrected chi connectivity index (χ4v) is 4.73. The molecule has 3 aromatic rings. The lowest BCUT2D eigenvalue weighted by Crippen LogP contribution is -2.22. The number of sulfone groups is 1. The van der Waals surface area contributed by atoms with Gasteiger partial charge in [-0.1, -0.05) is 17.7 Å². The number of methoxy groups -OCH3 is 1. The first-order chi connectivity index (χ1) is 14.3. The Kier molecular flexibility index (Phi) is 5.21. The van der Waals surface area contributed by atoms with E-state index in [2.05, 4.69) is 10.4 Å². The van der Waals surface area contributed by atoms with E-state index in [1.54, 1.807) is 48.2 Å². The van der Waals surface area contributed by atoms with Gasteiger partial charge < -0.3 is 14.8 Å². The number of amides is 1. The number of aryl methyl sites for hydroxylation is 1. The van der Waals surface area contributed by atoms with Gasteiger partial charge in [-0.3, -0.25) is 4.79 Å². The van der Waals surface area contributed by atoms with Crippen molar-refractivity contribution in [2.45, 2.75) is 18.4 Å². The van der Waals surface area contributed by atoms with Crippen molar-refractivity contribution in [2.24, 2.45) is 0 Å². The van der Waals surface area contributed by atoms with Gasteiger partial charge in [-0.25, -0.2) is 13.1 Å². The van der Waals surface area contributed by atoms with Crippen LogP contribution in [0.25, 0.3) is 5.69 Å². The first-order valence-corrected chi connectivity index (χ1v) is 11.1. The number of rotatable bonds is 6. The van der Waals surface area contributed by atoms with Crippen LogP contribution in [0.2, 0.25) is 0 Å². The van der Waals surface area contributed by atoms with E-state index in [1.165, 1.54) is 0 Å². The van der Waals surface area contributed by atoms with E-state index < -0.39 is 15.7 Å². The summed E-state index contributed by atoms with van der Waals surface area (Å²) in [5.74, 6) is 0.887. The molecular formula is C21H21N3O5S. The molecular weight excluding hydrogens is 406 g/mol. The quantitative estimate of drug-likeness (QED) is 0.649. The van der Waals surface area contributed by atoms with Crippen LogP contribution in [0.5, 0.6) is 11.5 Å². The zero-order valence-electron chi connectivity index (χ0n) is 16.6. The molecule has 1 aliphatic rings. The molecule has 1 N–H and O–H groups in total. The first kappa shape index (κ1) is 20.0. The molecule has 0 saturated carbocycles. The minimum Gasteiger partial charge on any atom is -0.497 e. The van der Waals surface area contributed by atoms with Crippen LogP contribution in [-0.4, -0.2) is 37.8 Å². The van der Waals surface area contributed by atoms with E-state index >= 15 is 0 Å². The van der Waals surface area contributed by atoms with Crippen molar-refractivity contribution in [1.82, 2.24) is 9.78 Å². The van der Waals surface area contributed by atoms with Crippen LogP contribution in [0.3, 0.4) is 0 Å². The van der Waals surface area contributed by atoms with Gasteiger partial charge in [0.2, 0.25) is 0 Å². The molecule has 0 spiro atoms. The summed E-state index contributed by atoms with van der Waals surface area (Å²) in [6, 6.07) is 14.5. The number of ether oxygens (including phenoxy) is 2. The number of anilines is 1. The summed E-state index contributed by atoms with van der Waals surface area (Å²) in [5, 5.41) is 7.21. The lowest BCUT2D eigenvalue weighted by Gasteiger charge is -2.12. The van der Waals surface area contributed by atoms with Crippen LogP contribution in [-0.2, 0) is 26.1 Å². The lowest BCUT2D eigenvalue weighted by atomic mass is 10.2. The molecule has 0 radical (unpaired) electrons. The Morgan fingerprint density at radius 2 is 1.73 bits per heavy atom. The number of carbonyl (C=O) groups is 1. The summed E-state index contributed by atoms with van der Waals surface area (Å²) in [6.45, 7) is 1.75. The predicted molar refractivity (Wildman–Crippen MR) is 112 cm³/mol. The summed E-state index contributed by atoms with van der Waals surface area (Å²) < 4.78 is 36.4. The Hall–Kier alpha value is -3.33. The van der Waals surface area contributed by atoms with Gasteiger partial charge in [-0.15, -0.1) is 0 Å². The highest BCUT2D eigenvalue weighted by atomic mass is 32.2. The van der Waals surface area contributed by atoms with Crippen molar-refractivity contribution >= 4 is 21.6 Å². The summed E-state index contributed by atoms with van der Waals surface area (Å²) >= 11 is 0. The van der Waals surface area contributed by atoms with Gasteiger partial charge >= 0.3 is 0 Å². The van der Waals surface area contributed by atoms with Crippen LogP contribution >= 0.6 is 0 Å². The maximum Gasteiger partial charge on any atom is 0.263 e. The average Bonchev–Trinajstić information content (AvgIpc) is 3.20. The molecule has 1 aliphatic heterocycles. The van der Waals surface area contributed by atoms with Crippen molar-refractivity contribution in [1.29, 1.82) is 0 Å². The van der Waals surface area contributed by atoms with Gasteiger partial charge in [0.1, 0.15) is 17.3 Å². The number of benzene rings is 2. The molecule has 2 aromatic carbocycles. The van der Waals surface area contributed by atoms with Crippen molar-refractivity contribution in [3.8, 4) is 17.2 Å². The lowest BCUT2D eigenvalue weighted by molar-refractivity contribution is -0.118. The van der Waals surface area contributed by atoms with Crippen LogP contribution in [0, 0.1) is 6.92 Å². The van der Waals surface area contributed by atoms with Crippen molar-refractivity contribution in [2.75, 3.05) is 19.0 Å². The van der Waals surface area contributed by atoms with E-state index in [1.807, 2.05) is 19.1 Å². The topological polar surface area (TPSA) is 99.5 Å². The number of nitrogens with zero attached hydrogens (tertiary/aromatic N) is 2. The second-order valence-corrected chi connectivity index (χ2v) is 9.13. The summed E-state index contributed by atoms with van der Waals surface area (Å²) in [5.41, 5.74) is 2.72. The molecule has 1 aromatic heterocycles. The molecule has 0 bridgehead atoms. The van der Waals surface area contributed by atoms with E-state index in [9.17, 15) is 13.2 Å². The van der Waals surface area contributed by atoms with E-state index in [0.717, 1.165) is 5.56 Å². The maximum absolute atomic E-state index is 12.5. The first-order valence-electron chi connectivity index (χ1n) is 9.29. The highest BCUT2D eigenvalue weighted by Gasteiger charge is 2.33. The number of carbonyl (C=O) groups excluding carboxylic acids is 1. The van der Waals surface area contributed by atoms with E-state index in [-0.39, 0.29) is 18.1 Å². The third-order valence-corrected chi connectivity index (χ3v) is 6.20. The number of nitrogens with one attached hydrogen (secondary N) is 1. The van der Waals surface area contributed by atoms with Crippen LogP contribution < -0.4 is 14.8 Å². The van der Waals surface area contributed by atoms with Crippen molar-refractivity contribution in [3.63, 3.8) is 0 Å². The molecule has 9 heteroatoms. The van der Waals surface area contributed by atoms with Crippen LogP contribution in [0.4, 0.5) is 5.82 Å². The average molecular weight is 427 g/mol. The smallest absolute Gasteiger partial charge is 0.263 e. The number of aromatic nitrogens is 2. The largest absolute Gasteiger partial charge is 0.497 e. The van der Waals surface area contributed by atoms with Crippen molar-refractivity contribution in [3.05, 3.63) is 65.4 Å². The Balaban J connectivity index is 1.58. The predicted octanol–water partition coefficient (Wildman–Crippen LogP) is 2.64. The Labute approximate surface area is 174 Å². The molecule has 0 unspecified atom stereocenters. The monoisotopic (exact) mass is 427 g/mol. The third-order valence-electron chi connectivity index (χ3n) is 4.75. The summed E-state index contributed by atoms with van der Waals surface area (Å²) in [6.07, 6.45) is 0. The van der Waals surface area contributed by atoms with Crippen LogP contribution in [0.15, 0.2) is 48.5 Å². The minimum absolute atomic E-state index is 0.145. The number of fused-ring (bicyclic) bond motifs is 1. The molecule has 2 heterocycles. The molecule has 0 fully saturated rings. The van der Waals surface area contributed by atoms with Gasteiger partial charge in [-0.05, 0) is 43.3 Å². The van der Waals surface area contributed by atoms with Gasteiger partial charge in [-0.2, -0.15) is 5.10 Å². The maximum atomic E-state index is 12.5. The van der Waals surface area contributed by atoms with Crippen LogP contribution in [0.1, 0.15) is 16.8 Å². The third kappa shape index (κ3) is 4.16. The number of hydrogen-bond acceptors (Lipinski definition) is 6. The second-order valence-electron chi connectivity index (χ2n) is 7.07.